The van der Waals surface area contributed by atoms with E-state index in [1.807, 2.05) is 0 Å². The lowest BCUT2D eigenvalue weighted by Gasteiger charge is -2.33. The van der Waals surface area contributed by atoms with Gasteiger partial charge in [-0.2, -0.15) is 0 Å². The predicted molar refractivity (Wildman–Crippen MR) is 76.1 cm³/mol. The quantitative estimate of drug-likeness (QED) is 0.784. The number of nitrogens with zero attached hydrogens (tertiary/aromatic N) is 2. The highest BCUT2D eigenvalue weighted by molar-refractivity contribution is 5.82. The molecular weight excluding hydrogens is 238 g/mol. The van der Waals surface area contributed by atoms with Gasteiger partial charge < -0.3 is 15.1 Å². The van der Waals surface area contributed by atoms with E-state index in [-0.39, 0.29) is 6.04 Å². The summed E-state index contributed by atoms with van der Waals surface area (Å²) >= 11 is 0. The summed E-state index contributed by atoms with van der Waals surface area (Å²) < 4.78 is 0. The highest BCUT2D eigenvalue weighted by Crippen LogP contribution is 2.22. The van der Waals surface area contributed by atoms with Crippen LogP contribution in [0.3, 0.4) is 0 Å². The topological polar surface area (TPSA) is 35.6 Å². The molecule has 19 heavy (non-hydrogen) atoms. The standard InChI is InChI=1S/C15H27N3O/c19-15-14(16-13-6-7-13)5-3-11-18(15)12-4-10-17-8-1-2-9-17/h13-14,16H,1-12H2. The Kier molecular flexibility index (Phi) is 4.38. The molecule has 1 aliphatic carbocycles. The number of carbonyl (C=O) groups is 1. The Bertz CT molecular complexity index is 311. The van der Waals surface area contributed by atoms with E-state index in [9.17, 15) is 4.79 Å². The fraction of sp³-hybridized carbons (Fsp3) is 0.933. The van der Waals surface area contributed by atoms with Crippen molar-refractivity contribution in [2.24, 2.45) is 0 Å². The van der Waals surface area contributed by atoms with E-state index in [1.54, 1.807) is 0 Å². The zero-order valence-corrected chi connectivity index (χ0v) is 11.9. The van der Waals surface area contributed by atoms with Gasteiger partial charge in [-0.15, -0.1) is 0 Å². The Balaban J connectivity index is 1.39. The molecule has 1 unspecified atom stereocenters. The zero-order chi connectivity index (χ0) is 13.1. The Hall–Kier alpha value is -0.610. The van der Waals surface area contributed by atoms with Crippen LogP contribution in [0.2, 0.25) is 0 Å². The number of hydrogen-bond donors (Lipinski definition) is 1. The summed E-state index contributed by atoms with van der Waals surface area (Å²) in [4.78, 5) is 17.0. The highest BCUT2D eigenvalue weighted by atomic mass is 16.2. The number of likely N-dealkylation sites (tertiary alicyclic amines) is 2. The molecule has 3 rings (SSSR count). The fourth-order valence-corrected chi connectivity index (χ4v) is 3.34. The Labute approximate surface area is 116 Å². The second kappa shape index (κ2) is 6.23. The van der Waals surface area contributed by atoms with Gasteiger partial charge in [0.1, 0.15) is 0 Å². The SMILES string of the molecule is O=C1C(NC2CC2)CCCN1CCCN1CCCC1. The van der Waals surface area contributed by atoms with Crippen LogP contribution in [-0.4, -0.2) is 60.5 Å². The molecule has 1 amide bonds. The summed E-state index contributed by atoms with van der Waals surface area (Å²) in [5, 5.41) is 3.50. The lowest BCUT2D eigenvalue weighted by molar-refractivity contribution is -0.136. The largest absolute Gasteiger partial charge is 0.341 e. The molecule has 2 saturated heterocycles. The van der Waals surface area contributed by atoms with Crippen LogP contribution >= 0.6 is 0 Å². The van der Waals surface area contributed by atoms with Gasteiger partial charge in [0.2, 0.25) is 5.91 Å². The van der Waals surface area contributed by atoms with Crippen molar-refractivity contribution in [1.82, 2.24) is 15.1 Å². The lowest BCUT2D eigenvalue weighted by atomic mass is 10.0. The third-order valence-electron chi connectivity index (χ3n) is 4.65. The summed E-state index contributed by atoms with van der Waals surface area (Å²) in [6.07, 6.45) is 8.59. The molecule has 0 aromatic rings. The third kappa shape index (κ3) is 3.69. The van der Waals surface area contributed by atoms with Crippen molar-refractivity contribution in [1.29, 1.82) is 0 Å². The zero-order valence-electron chi connectivity index (χ0n) is 11.9. The summed E-state index contributed by atoms with van der Waals surface area (Å²) in [5.74, 6) is 0.361. The summed E-state index contributed by atoms with van der Waals surface area (Å²) in [5.41, 5.74) is 0. The van der Waals surface area contributed by atoms with Crippen molar-refractivity contribution in [3.8, 4) is 0 Å². The maximum absolute atomic E-state index is 12.4. The average molecular weight is 265 g/mol. The van der Waals surface area contributed by atoms with Crippen molar-refractivity contribution in [2.75, 3.05) is 32.7 Å². The highest BCUT2D eigenvalue weighted by Gasteiger charge is 2.33. The van der Waals surface area contributed by atoms with Gasteiger partial charge in [0, 0.05) is 19.1 Å². The number of nitrogens with one attached hydrogen (secondary N) is 1. The number of amides is 1. The monoisotopic (exact) mass is 265 g/mol. The number of piperidine rings is 1. The van der Waals surface area contributed by atoms with Gasteiger partial charge in [-0.1, -0.05) is 0 Å². The summed E-state index contributed by atoms with van der Waals surface area (Å²) in [7, 11) is 0. The first kappa shape index (κ1) is 13.4. The van der Waals surface area contributed by atoms with E-state index in [2.05, 4.69) is 15.1 Å². The maximum Gasteiger partial charge on any atom is 0.239 e. The van der Waals surface area contributed by atoms with Crippen LogP contribution in [0.25, 0.3) is 0 Å². The lowest BCUT2D eigenvalue weighted by Crippen LogP contribution is -2.51. The van der Waals surface area contributed by atoms with Crippen LogP contribution < -0.4 is 5.32 Å². The Morgan fingerprint density at radius 3 is 2.53 bits per heavy atom. The molecule has 0 spiro atoms. The van der Waals surface area contributed by atoms with E-state index in [4.69, 9.17) is 0 Å². The van der Waals surface area contributed by atoms with E-state index in [1.165, 1.54) is 51.7 Å². The normalized spacial score (nSPS) is 29.2. The molecule has 2 heterocycles. The molecule has 108 valence electrons. The van der Waals surface area contributed by atoms with Crippen LogP contribution in [0.4, 0.5) is 0 Å². The minimum Gasteiger partial charge on any atom is -0.341 e. The molecule has 3 aliphatic rings. The Morgan fingerprint density at radius 2 is 1.79 bits per heavy atom. The first-order valence-corrected chi connectivity index (χ1v) is 8.10. The second-order valence-electron chi connectivity index (χ2n) is 6.36. The van der Waals surface area contributed by atoms with Crippen LogP contribution in [0.1, 0.15) is 44.9 Å². The van der Waals surface area contributed by atoms with Gasteiger partial charge in [-0.25, -0.2) is 0 Å². The van der Waals surface area contributed by atoms with Crippen LogP contribution in [0.15, 0.2) is 0 Å². The molecule has 0 radical (unpaired) electrons. The van der Waals surface area contributed by atoms with Gasteiger partial charge in [0.25, 0.3) is 0 Å². The average Bonchev–Trinajstić information content (AvgIpc) is 3.07. The van der Waals surface area contributed by atoms with Gasteiger partial charge in [-0.3, -0.25) is 4.79 Å². The van der Waals surface area contributed by atoms with Gasteiger partial charge >= 0.3 is 0 Å². The van der Waals surface area contributed by atoms with E-state index < -0.39 is 0 Å². The van der Waals surface area contributed by atoms with E-state index in [0.717, 1.165) is 25.9 Å². The van der Waals surface area contributed by atoms with Crippen LogP contribution in [0, 0.1) is 0 Å². The minimum absolute atomic E-state index is 0.119. The molecule has 0 bridgehead atoms. The summed E-state index contributed by atoms with van der Waals surface area (Å²) in [6, 6.07) is 0.756. The van der Waals surface area contributed by atoms with Crippen LogP contribution in [-0.2, 0) is 4.79 Å². The molecule has 0 aromatic heterocycles. The minimum atomic E-state index is 0.119. The molecule has 1 atom stereocenters. The van der Waals surface area contributed by atoms with E-state index in [0.29, 0.717) is 11.9 Å². The van der Waals surface area contributed by atoms with Gasteiger partial charge in [-0.05, 0) is 64.6 Å². The smallest absolute Gasteiger partial charge is 0.239 e. The maximum atomic E-state index is 12.4. The third-order valence-corrected chi connectivity index (χ3v) is 4.65. The molecule has 0 aromatic carbocycles. The molecule has 2 aliphatic heterocycles. The van der Waals surface area contributed by atoms with E-state index >= 15 is 0 Å². The molecule has 4 heteroatoms. The van der Waals surface area contributed by atoms with Gasteiger partial charge in [0.15, 0.2) is 0 Å². The number of hydrogen-bond acceptors (Lipinski definition) is 3. The molecular formula is C15H27N3O. The van der Waals surface area contributed by atoms with Crippen molar-refractivity contribution in [2.45, 2.75) is 57.0 Å². The van der Waals surface area contributed by atoms with Crippen LogP contribution in [0.5, 0.6) is 0 Å². The van der Waals surface area contributed by atoms with Gasteiger partial charge in [0.05, 0.1) is 6.04 Å². The molecule has 1 saturated carbocycles. The molecule has 4 nitrogen and oxygen atoms in total. The van der Waals surface area contributed by atoms with Crippen molar-refractivity contribution in [3.05, 3.63) is 0 Å². The fourth-order valence-electron chi connectivity index (χ4n) is 3.34. The number of rotatable bonds is 6. The Morgan fingerprint density at radius 1 is 1.00 bits per heavy atom. The van der Waals surface area contributed by atoms with Crippen molar-refractivity contribution < 1.29 is 4.79 Å². The summed E-state index contributed by atoms with van der Waals surface area (Å²) in [6.45, 7) is 5.63. The van der Waals surface area contributed by atoms with Crippen molar-refractivity contribution >= 4 is 5.91 Å². The number of carbonyl (C=O) groups excluding carboxylic acids is 1. The first-order valence-electron chi connectivity index (χ1n) is 8.10. The molecule has 3 fully saturated rings. The second-order valence-corrected chi connectivity index (χ2v) is 6.36. The predicted octanol–water partition coefficient (Wildman–Crippen LogP) is 1.22. The first-order chi connectivity index (χ1) is 9.33. The van der Waals surface area contributed by atoms with Crippen molar-refractivity contribution in [3.63, 3.8) is 0 Å². The molecule has 1 N–H and O–H groups in total.